The molecule has 0 N–H and O–H groups in total. The monoisotopic (exact) mass is 1060 g/mol. The molecule has 432 valence electrons. The van der Waals surface area contributed by atoms with E-state index in [1.165, 1.54) is 51.4 Å². The van der Waals surface area contributed by atoms with Gasteiger partial charge in [-0.15, -0.1) is 0 Å². The number of ether oxygens (including phenoxy) is 3. The summed E-state index contributed by atoms with van der Waals surface area (Å²) in [6, 6.07) is 0. The molecule has 0 radical (unpaired) electrons. The first-order valence-electron chi connectivity index (χ1n) is 31.0. The Kier molecular flexibility index (Phi) is 59.5. The molecule has 0 aliphatic carbocycles. The van der Waals surface area contributed by atoms with Gasteiger partial charge in [0.15, 0.2) is 6.10 Å². The van der Waals surface area contributed by atoms with Crippen LogP contribution in [0.5, 0.6) is 0 Å². The van der Waals surface area contributed by atoms with Crippen LogP contribution in [0.3, 0.4) is 0 Å². The summed E-state index contributed by atoms with van der Waals surface area (Å²) in [6.07, 6.45) is 92.4. The van der Waals surface area contributed by atoms with Crippen LogP contribution >= 0.6 is 0 Å². The lowest BCUT2D eigenvalue weighted by Gasteiger charge is -2.18. The Bertz CT molecular complexity index is 1740. The van der Waals surface area contributed by atoms with Gasteiger partial charge in [0.25, 0.3) is 0 Å². The van der Waals surface area contributed by atoms with Crippen molar-refractivity contribution in [3.05, 3.63) is 158 Å². The zero-order chi connectivity index (χ0) is 55.7. The summed E-state index contributed by atoms with van der Waals surface area (Å²) in [5, 5.41) is 0. The van der Waals surface area contributed by atoms with Gasteiger partial charge in [-0.3, -0.25) is 14.4 Å². The second-order valence-corrected chi connectivity index (χ2v) is 19.8. The maximum Gasteiger partial charge on any atom is 0.306 e. The van der Waals surface area contributed by atoms with Crippen LogP contribution in [0.25, 0.3) is 0 Å². The zero-order valence-electron chi connectivity index (χ0n) is 49.4. The number of hydrogen-bond acceptors (Lipinski definition) is 6. The van der Waals surface area contributed by atoms with Crippen molar-refractivity contribution in [2.24, 2.45) is 0 Å². The summed E-state index contributed by atoms with van der Waals surface area (Å²) in [4.78, 5) is 38.3. The van der Waals surface area contributed by atoms with Crippen molar-refractivity contribution >= 4 is 17.9 Å². The third-order valence-corrected chi connectivity index (χ3v) is 12.5. The van der Waals surface area contributed by atoms with E-state index in [0.717, 1.165) is 154 Å². The van der Waals surface area contributed by atoms with Gasteiger partial charge < -0.3 is 14.2 Å². The molecular weight excluding hydrogens is 949 g/mol. The number of allylic oxidation sites excluding steroid dienone is 26. The van der Waals surface area contributed by atoms with Gasteiger partial charge in [0.1, 0.15) is 13.2 Å². The maximum atomic E-state index is 12.9. The molecule has 0 rings (SSSR count). The van der Waals surface area contributed by atoms with Crippen molar-refractivity contribution in [1.82, 2.24) is 0 Å². The fourth-order valence-corrected chi connectivity index (χ4v) is 7.91. The van der Waals surface area contributed by atoms with Crippen LogP contribution < -0.4 is 0 Å². The van der Waals surface area contributed by atoms with E-state index in [4.69, 9.17) is 14.2 Å². The lowest BCUT2D eigenvalue weighted by atomic mass is 10.1. The minimum Gasteiger partial charge on any atom is -0.462 e. The molecule has 0 fully saturated rings. The molecule has 0 aromatic heterocycles. The van der Waals surface area contributed by atoms with E-state index >= 15 is 0 Å². The van der Waals surface area contributed by atoms with Crippen molar-refractivity contribution < 1.29 is 28.6 Å². The molecule has 0 aliphatic rings. The van der Waals surface area contributed by atoms with Crippen LogP contribution in [0.4, 0.5) is 0 Å². The molecule has 0 spiro atoms. The molecule has 1 unspecified atom stereocenters. The Labute approximate surface area is 473 Å². The number of unbranched alkanes of at least 4 members (excludes halogenated alkanes) is 17. The van der Waals surface area contributed by atoms with Gasteiger partial charge in [-0.2, -0.15) is 0 Å². The van der Waals surface area contributed by atoms with Gasteiger partial charge in [0.05, 0.1) is 0 Å². The van der Waals surface area contributed by atoms with E-state index in [-0.39, 0.29) is 37.5 Å². The number of esters is 3. The summed E-state index contributed by atoms with van der Waals surface area (Å²) in [5.41, 5.74) is 0. The van der Waals surface area contributed by atoms with Gasteiger partial charge >= 0.3 is 17.9 Å². The molecule has 0 aromatic rings. The normalized spacial score (nSPS) is 13.2. The highest BCUT2D eigenvalue weighted by molar-refractivity contribution is 5.71. The Balaban J connectivity index is 4.54. The molecule has 6 heteroatoms. The second-order valence-electron chi connectivity index (χ2n) is 19.8. The van der Waals surface area contributed by atoms with Crippen molar-refractivity contribution in [2.45, 2.75) is 258 Å². The van der Waals surface area contributed by atoms with Crippen molar-refractivity contribution in [3.63, 3.8) is 0 Å². The highest BCUT2D eigenvalue weighted by atomic mass is 16.6. The highest BCUT2D eigenvalue weighted by Crippen LogP contribution is 2.13. The fraction of sp³-hybridized carbons (Fsp3) is 0.592. The van der Waals surface area contributed by atoms with Crippen molar-refractivity contribution in [2.75, 3.05) is 13.2 Å². The number of rotatable bonds is 54. The molecule has 77 heavy (non-hydrogen) atoms. The van der Waals surface area contributed by atoms with Gasteiger partial charge in [0, 0.05) is 19.3 Å². The quantitative estimate of drug-likeness (QED) is 0.0261. The summed E-state index contributed by atoms with van der Waals surface area (Å²) in [5.74, 6) is -0.992. The fourth-order valence-electron chi connectivity index (χ4n) is 7.91. The molecule has 1 atom stereocenters. The molecule has 0 saturated carbocycles. The van der Waals surface area contributed by atoms with Crippen molar-refractivity contribution in [1.29, 1.82) is 0 Å². The standard InChI is InChI=1S/C71H112O6/c1-4-7-10-13-16-19-22-25-28-30-32-33-34-35-36-37-39-40-43-46-49-52-55-58-61-64-70(73)76-67-68(66-75-69(72)63-60-57-54-51-48-45-42-27-24-21-18-15-12-9-6-3)77-71(74)65-62-59-56-53-50-47-44-41-38-31-29-26-23-20-17-14-11-8-5-2/h7-8,10-11,16-17,19-20,25-29,32-33,35-36,38-42,46-47,49-50,68H,4-6,9,12-15,18,21-24,30-31,34,37,43-45,48,51-67H2,1-3H3/b10-7-,11-8-,19-16-,20-17-,28-25-,29-26-,33-32-,36-35-,40-39-,41-38-,42-27-,49-46-,50-47-. The van der Waals surface area contributed by atoms with E-state index in [1.807, 2.05) is 0 Å². The molecular formula is C71H112O6. The smallest absolute Gasteiger partial charge is 0.306 e. The van der Waals surface area contributed by atoms with E-state index in [1.54, 1.807) is 0 Å². The van der Waals surface area contributed by atoms with Gasteiger partial charge in [-0.25, -0.2) is 0 Å². The average Bonchev–Trinajstić information content (AvgIpc) is 3.43. The van der Waals surface area contributed by atoms with E-state index in [9.17, 15) is 14.4 Å². The number of carbonyl (C=O) groups is 3. The SMILES string of the molecule is CC/C=C\C/C=C\C/C=C\C/C=C\C/C=C\C/C=C\C/C=C\CCCCCC(=O)OCC(COC(=O)CCCCCCC/C=C\CCCCCCCC)OC(=O)CCCCC/C=C\C/C=C\C/C=C\C/C=C\C/C=C\CC. The third-order valence-electron chi connectivity index (χ3n) is 12.5. The second kappa shape index (κ2) is 63.6. The molecule has 0 aliphatic heterocycles. The van der Waals surface area contributed by atoms with E-state index < -0.39 is 6.10 Å². The summed E-state index contributed by atoms with van der Waals surface area (Å²) >= 11 is 0. The van der Waals surface area contributed by atoms with Gasteiger partial charge in [0.2, 0.25) is 0 Å². The predicted octanol–water partition coefficient (Wildman–Crippen LogP) is 21.3. The van der Waals surface area contributed by atoms with Crippen LogP contribution in [0.15, 0.2) is 158 Å². The first-order chi connectivity index (χ1) is 38.0. The molecule has 0 heterocycles. The summed E-state index contributed by atoms with van der Waals surface area (Å²) in [6.45, 7) is 6.34. The Morgan fingerprint density at radius 1 is 0.273 bits per heavy atom. The van der Waals surface area contributed by atoms with Crippen LogP contribution in [0.1, 0.15) is 252 Å². The van der Waals surface area contributed by atoms with Crippen LogP contribution in [0.2, 0.25) is 0 Å². The summed E-state index contributed by atoms with van der Waals surface area (Å²) in [7, 11) is 0. The molecule has 6 nitrogen and oxygen atoms in total. The number of hydrogen-bond donors (Lipinski definition) is 0. The lowest BCUT2D eigenvalue weighted by molar-refractivity contribution is -0.167. The Morgan fingerprint density at radius 2 is 0.506 bits per heavy atom. The Morgan fingerprint density at radius 3 is 0.818 bits per heavy atom. The molecule has 0 amide bonds. The number of carbonyl (C=O) groups excluding carboxylic acids is 3. The third kappa shape index (κ3) is 61.8. The topological polar surface area (TPSA) is 78.9 Å². The lowest BCUT2D eigenvalue weighted by Crippen LogP contribution is -2.30. The first-order valence-corrected chi connectivity index (χ1v) is 31.0. The minimum absolute atomic E-state index is 0.113. The highest BCUT2D eigenvalue weighted by Gasteiger charge is 2.19. The van der Waals surface area contributed by atoms with E-state index in [2.05, 4.69) is 179 Å². The minimum atomic E-state index is -0.822. The van der Waals surface area contributed by atoms with Crippen LogP contribution in [0, 0.1) is 0 Å². The maximum absolute atomic E-state index is 12.9. The van der Waals surface area contributed by atoms with Crippen LogP contribution in [-0.2, 0) is 28.6 Å². The first kappa shape index (κ1) is 72.0. The van der Waals surface area contributed by atoms with Crippen molar-refractivity contribution in [3.8, 4) is 0 Å². The molecule has 0 bridgehead atoms. The molecule has 0 saturated heterocycles. The largest absolute Gasteiger partial charge is 0.462 e. The summed E-state index contributed by atoms with van der Waals surface area (Å²) < 4.78 is 16.8. The molecule has 0 aromatic carbocycles. The predicted molar refractivity (Wildman–Crippen MR) is 334 cm³/mol. The zero-order valence-corrected chi connectivity index (χ0v) is 49.4. The van der Waals surface area contributed by atoms with E-state index in [0.29, 0.717) is 19.3 Å². The Hall–Kier alpha value is -4.97. The van der Waals surface area contributed by atoms with Gasteiger partial charge in [-0.1, -0.05) is 243 Å². The van der Waals surface area contributed by atoms with Crippen LogP contribution in [-0.4, -0.2) is 37.2 Å². The van der Waals surface area contributed by atoms with Gasteiger partial charge in [-0.05, 0) is 148 Å². The average molecular weight is 1060 g/mol.